The summed E-state index contributed by atoms with van der Waals surface area (Å²) < 4.78 is 6.69. The van der Waals surface area contributed by atoms with Crippen molar-refractivity contribution in [2.45, 2.75) is 5.22 Å². The number of carbonyl (C=O) groups is 2. The number of nitrogens with one attached hydrogen (secondary N) is 1. The molecule has 0 bridgehead atoms. The lowest BCUT2D eigenvalue weighted by molar-refractivity contribution is -0.113. The van der Waals surface area contributed by atoms with Gasteiger partial charge in [0.15, 0.2) is 0 Å². The fourth-order valence-electron chi connectivity index (χ4n) is 2.55. The van der Waals surface area contributed by atoms with E-state index in [1.807, 2.05) is 24.3 Å². The maximum Gasteiger partial charge on any atom is 0.277 e. The number of primary amides is 1. The quantitative estimate of drug-likeness (QED) is 0.425. The molecule has 0 fully saturated rings. The molecule has 2 aromatic carbocycles. The molecule has 0 unspecified atom stereocenters. The van der Waals surface area contributed by atoms with Crippen LogP contribution in [0.15, 0.2) is 58.2 Å². The molecule has 0 saturated carbocycles. The number of anilines is 1. The fraction of sp³-hybridized carbons (Fsp3) is 0.0526. The van der Waals surface area contributed by atoms with E-state index in [0.29, 0.717) is 27.0 Å². The van der Waals surface area contributed by atoms with E-state index in [4.69, 9.17) is 21.8 Å². The smallest absolute Gasteiger partial charge is 0.277 e. The first kappa shape index (κ1) is 19.4. The van der Waals surface area contributed by atoms with Gasteiger partial charge in [-0.25, -0.2) is 0 Å². The first-order valence-electron chi connectivity index (χ1n) is 8.34. The number of rotatable bonds is 6. The van der Waals surface area contributed by atoms with Gasteiger partial charge in [-0.05, 0) is 30.3 Å². The van der Waals surface area contributed by atoms with E-state index < -0.39 is 5.91 Å². The van der Waals surface area contributed by atoms with E-state index in [9.17, 15) is 9.59 Å². The molecule has 146 valence electrons. The highest BCUT2D eigenvalue weighted by Gasteiger charge is 2.18. The zero-order valence-corrected chi connectivity index (χ0v) is 17.1. The van der Waals surface area contributed by atoms with Gasteiger partial charge in [-0.15, -0.1) is 21.5 Å². The molecule has 7 nitrogen and oxygen atoms in total. The SMILES string of the molecule is NC(=O)c1ccc(NC(=O)CSc2nnc(-c3sc4ccccc4c3Cl)o2)cc1. The Hall–Kier alpha value is -2.88. The highest BCUT2D eigenvalue weighted by Crippen LogP contribution is 2.41. The van der Waals surface area contributed by atoms with Crippen LogP contribution in [0.2, 0.25) is 5.02 Å². The lowest BCUT2D eigenvalue weighted by atomic mass is 10.2. The Morgan fingerprint density at radius 3 is 2.62 bits per heavy atom. The Bertz CT molecular complexity index is 1200. The van der Waals surface area contributed by atoms with Crippen LogP contribution >= 0.6 is 34.7 Å². The topological polar surface area (TPSA) is 111 Å². The van der Waals surface area contributed by atoms with E-state index in [1.165, 1.54) is 11.3 Å². The second-order valence-corrected chi connectivity index (χ2v) is 8.25. The van der Waals surface area contributed by atoms with E-state index in [1.54, 1.807) is 24.3 Å². The molecule has 0 aliphatic heterocycles. The minimum atomic E-state index is -0.524. The van der Waals surface area contributed by atoms with Gasteiger partial charge in [0.05, 0.1) is 10.8 Å². The maximum absolute atomic E-state index is 12.1. The number of carbonyl (C=O) groups excluding carboxylic acids is 2. The largest absolute Gasteiger partial charge is 0.410 e. The first-order chi connectivity index (χ1) is 14.0. The van der Waals surface area contributed by atoms with Crippen molar-refractivity contribution in [3.05, 3.63) is 59.1 Å². The number of nitrogens with two attached hydrogens (primary N) is 1. The van der Waals surface area contributed by atoms with Gasteiger partial charge in [-0.1, -0.05) is 41.6 Å². The predicted octanol–water partition coefficient (Wildman–Crippen LogP) is 4.43. The van der Waals surface area contributed by atoms with Crippen LogP contribution in [0.4, 0.5) is 5.69 Å². The third kappa shape index (κ3) is 4.26. The van der Waals surface area contributed by atoms with Crippen molar-refractivity contribution in [1.29, 1.82) is 0 Å². The number of nitrogens with zero attached hydrogens (tertiary/aromatic N) is 2. The third-order valence-corrected chi connectivity index (χ3v) is 6.40. The lowest BCUT2D eigenvalue weighted by Gasteiger charge is -2.04. The molecule has 0 radical (unpaired) electrons. The number of aromatic nitrogens is 2. The van der Waals surface area contributed by atoms with Crippen LogP contribution in [0.3, 0.4) is 0 Å². The van der Waals surface area contributed by atoms with Gasteiger partial charge >= 0.3 is 0 Å². The van der Waals surface area contributed by atoms with Crippen molar-refractivity contribution in [3.8, 4) is 10.8 Å². The molecule has 0 aliphatic rings. The van der Waals surface area contributed by atoms with Gasteiger partial charge in [0.25, 0.3) is 11.1 Å². The van der Waals surface area contributed by atoms with Crippen molar-refractivity contribution in [1.82, 2.24) is 10.2 Å². The van der Waals surface area contributed by atoms with Crippen LogP contribution in [0.25, 0.3) is 20.9 Å². The number of fused-ring (bicyclic) bond motifs is 1. The third-order valence-electron chi connectivity index (χ3n) is 3.92. The van der Waals surface area contributed by atoms with Gasteiger partial charge in [-0.3, -0.25) is 9.59 Å². The molecule has 10 heteroatoms. The summed E-state index contributed by atoms with van der Waals surface area (Å²) in [5.74, 6) is -0.369. The first-order valence-corrected chi connectivity index (χ1v) is 10.5. The summed E-state index contributed by atoms with van der Waals surface area (Å²) >= 11 is 9.02. The Morgan fingerprint density at radius 2 is 1.90 bits per heavy atom. The number of amides is 2. The molecule has 2 aromatic heterocycles. The fourth-order valence-corrected chi connectivity index (χ4v) is 4.55. The monoisotopic (exact) mass is 444 g/mol. The van der Waals surface area contributed by atoms with E-state index >= 15 is 0 Å². The molecule has 2 amide bonds. The zero-order chi connectivity index (χ0) is 20.4. The summed E-state index contributed by atoms with van der Waals surface area (Å²) in [6.45, 7) is 0. The maximum atomic E-state index is 12.1. The molecule has 4 aromatic rings. The Kier molecular flexibility index (Phi) is 5.52. The van der Waals surface area contributed by atoms with Crippen molar-refractivity contribution < 1.29 is 14.0 Å². The molecule has 29 heavy (non-hydrogen) atoms. The van der Waals surface area contributed by atoms with Gasteiger partial charge in [-0.2, -0.15) is 0 Å². The summed E-state index contributed by atoms with van der Waals surface area (Å²) in [5.41, 5.74) is 6.12. The van der Waals surface area contributed by atoms with E-state index in [-0.39, 0.29) is 16.9 Å². The number of hydrogen-bond acceptors (Lipinski definition) is 7. The highest BCUT2D eigenvalue weighted by atomic mass is 35.5. The second-order valence-electron chi connectivity index (χ2n) is 5.89. The molecule has 4 rings (SSSR count). The zero-order valence-electron chi connectivity index (χ0n) is 14.7. The van der Waals surface area contributed by atoms with Gasteiger partial charge < -0.3 is 15.5 Å². The standard InChI is InChI=1S/C19H13ClN4O3S2/c20-15-12-3-1-2-4-13(12)29-16(15)18-23-24-19(27-18)28-9-14(25)22-11-7-5-10(6-8-11)17(21)26/h1-8H,9H2,(H2,21,26)(H,22,25). The van der Waals surface area contributed by atoms with E-state index in [0.717, 1.165) is 21.8 Å². The van der Waals surface area contributed by atoms with Gasteiger partial charge in [0.2, 0.25) is 11.8 Å². The molecule has 0 atom stereocenters. The Balaban J connectivity index is 1.39. The molecule has 0 saturated heterocycles. The number of thiophene rings is 1. The minimum absolute atomic E-state index is 0.0827. The molecule has 0 spiro atoms. The molecular weight excluding hydrogens is 432 g/mol. The lowest BCUT2D eigenvalue weighted by Crippen LogP contribution is -2.15. The van der Waals surface area contributed by atoms with Crippen molar-refractivity contribution in [3.63, 3.8) is 0 Å². The number of benzene rings is 2. The van der Waals surface area contributed by atoms with Crippen molar-refractivity contribution in [2.75, 3.05) is 11.1 Å². The summed E-state index contributed by atoms with van der Waals surface area (Å²) in [5, 5.41) is 12.5. The normalized spacial score (nSPS) is 10.9. The van der Waals surface area contributed by atoms with E-state index in [2.05, 4.69) is 15.5 Å². The molecule has 2 heterocycles. The molecule has 3 N–H and O–H groups in total. The Morgan fingerprint density at radius 1 is 1.14 bits per heavy atom. The minimum Gasteiger partial charge on any atom is -0.410 e. The number of thioether (sulfide) groups is 1. The summed E-state index contributed by atoms with van der Waals surface area (Å²) in [6, 6.07) is 14.1. The van der Waals surface area contributed by atoms with Crippen molar-refractivity contribution >= 4 is 62.3 Å². The van der Waals surface area contributed by atoms with Crippen LogP contribution in [0.5, 0.6) is 0 Å². The number of hydrogen-bond donors (Lipinski definition) is 2. The van der Waals surface area contributed by atoms with Gasteiger partial charge in [0.1, 0.15) is 4.88 Å². The van der Waals surface area contributed by atoms with Crippen LogP contribution < -0.4 is 11.1 Å². The van der Waals surface area contributed by atoms with Crippen LogP contribution in [0, 0.1) is 0 Å². The van der Waals surface area contributed by atoms with Crippen LogP contribution in [-0.4, -0.2) is 27.8 Å². The van der Waals surface area contributed by atoms with Gasteiger partial charge in [0, 0.05) is 21.3 Å². The average molecular weight is 445 g/mol. The summed E-state index contributed by atoms with van der Waals surface area (Å²) in [7, 11) is 0. The molecular formula is C19H13ClN4O3S2. The summed E-state index contributed by atoms with van der Waals surface area (Å²) in [6.07, 6.45) is 0. The second kappa shape index (κ2) is 8.24. The van der Waals surface area contributed by atoms with Crippen LogP contribution in [0.1, 0.15) is 10.4 Å². The highest BCUT2D eigenvalue weighted by molar-refractivity contribution is 7.99. The summed E-state index contributed by atoms with van der Waals surface area (Å²) in [4.78, 5) is 23.9. The average Bonchev–Trinajstić information content (AvgIpc) is 3.32. The van der Waals surface area contributed by atoms with Crippen LogP contribution in [-0.2, 0) is 4.79 Å². The number of halogens is 1. The molecule has 0 aliphatic carbocycles. The predicted molar refractivity (Wildman–Crippen MR) is 114 cm³/mol. The van der Waals surface area contributed by atoms with Crippen molar-refractivity contribution in [2.24, 2.45) is 5.73 Å². The Labute approximate surface area is 178 Å².